The molecule has 0 aromatic rings. The second kappa shape index (κ2) is 8.89. The first-order valence-corrected chi connectivity index (χ1v) is 13.1. The Morgan fingerprint density at radius 1 is 0.750 bits per heavy atom. The molecular formula is C27H47B. The van der Waals surface area contributed by atoms with Crippen molar-refractivity contribution in [2.45, 2.75) is 110 Å². The minimum absolute atomic E-state index is 0.607. The summed E-state index contributed by atoms with van der Waals surface area (Å²) in [6, 6.07) is 0. The fourth-order valence-electron chi connectivity index (χ4n) is 8.90. The highest BCUT2D eigenvalue weighted by molar-refractivity contribution is 6.43. The molecule has 4 aliphatic rings. The van der Waals surface area contributed by atoms with E-state index < -0.39 is 0 Å². The van der Waals surface area contributed by atoms with Gasteiger partial charge in [0.15, 0.2) is 7.28 Å². The van der Waals surface area contributed by atoms with Gasteiger partial charge >= 0.3 is 0 Å². The zero-order chi connectivity index (χ0) is 19.7. The van der Waals surface area contributed by atoms with E-state index in [0.717, 1.165) is 47.2 Å². The molecule has 0 amide bonds. The molecule has 0 radical (unpaired) electrons. The molecule has 0 saturated heterocycles. The third kappa shape index (κ3) is 4.03. The second-order valence-corrected chi connectivity index (χ2v) is 12.1. The van der Waals surface area contributed by atoms with Crippen LogP contribution < -0.4 is 0 Å². The van der Waals surface area contributed by atoms with Crippen LogP contribution in [0.25, 0.3) is 0 Å². The first kappa shape index (κ1) is 21.1. The Hall–Kier alpha value is -0.195. The second-order valence-electron chi connectivity index (χ2n) is 12.1. The van der Waals surface area contributed by atoms with E-state index in [2.05, 4.69) is 33.3 Å². The molecule has 28 heavy (non-hydrogen) atoms. The third-order valence-corrected chi connectivity index (χ3v) is 10.4. The normalized spacial score (nSPS) is 46.4. The molecule has 0 nitrogen and oxygen atoms in total. The van der Waals surface area contributed by atoms with Gasteiger partial charge in [-0.1, -0.05) is 84.4 Å². The van der Waals surface area contributed by atoms with Gasteiger partial charge in [-0.25, -0.2) is 0 Å². The lowest BCUT2D eigenvalue weighted by Crippen LogP contribution is -2.38. The standard InChI is InChI=1S/C27H47B/c1-5-28-26-16-15-19(2)11-7-6-8-12-20-17-25-23(18-22(20)26)21-13-9-10-14-24(21)27(25,3)4/h5,19-26,28H,1,6-18H2,2-4H3. The van der Waals surface area contributed by atoms with Crippen molar-refractivity contribution >= 4 is 7.28 Å². The maximum absolute atomic E-state index is 4.18. The highest BCUT2D eigenvalue weighted by Crippen LogP contribution is 2.65. The van der Waals surface area contributed by atoms with E-state index in [1.807, 2.05) is 0 Å². The van der Waals surface area contributed by atoms with Gasteiger partial charge in [-0.15, -0.1) is 12.6 Å². The Bertz CT molecular complexity index is 522. The van der Waals surface area contributed by atoms with E-state index in [-0.39, 0.29) is 0 Å². The lowest BCUT2D eigenvalue weighted by atomic mass is 9.49. The monoisotopic (exact) mass is 382 g/mol. The van der Waals surface area contributed by atoms with Crippen LogP contribution in [0.4, 0.5) is 0 Å². The van der Waals surface area contributed by atoms with Crippen LogP contribution >= 0.6 is 0 Å². The lowest BCUT2D eigenvalue weighted by molar-refractivity contribution is 0.0548. The zero-order valence-corrected chi connectivity index (χ0v) is 19.3. The predicted molar refractivity (Wildman–Crippen MR) is 125 cm³/mol. The summed E-state index contributed by atoms with van der Waals surface area (Å²) in [7, 11) is 1.28. The van der Waals surface area contributed by atoms with Gasteiger partial charge in [-0.05, 0) is 72.5 Å². The first-order valence-electron chi connectivity index (χ1n) is 13.1. The van der Waals surface area contributed by atoms with Gasteiger partial charge < -0.3 is 0 Å². The summed E-state index contributed by atoms with van der Waals surface area (Å²) in [4.78, 5) is 0. The summed E-state index contributed by atoms with van der Waals surface area (Å²) in [5.41, 5.74) is 0.607. The molecule has 4 aliphatic carbocycles. The van der Waals surface area contributed by atoms with Crippen molar-refractivity contribution in [2.75, 3.05) is 0 Å². The van der Waals surface area contributed by atoms with Crippen LogP contribution in [0.3, 0.4) is 0 Å². The molecule has 4 saturated carbocycles. The number of hydrogen-bond acceptors (Lipinski definition) is 0. The Morgan fingerprint density at radius 3 is 2.32 bits per heavy atom. The van der Waals surface area contributed by atoms with E-state index >= 15 is 0 Å². The van der Waals surface area contributed by atoms with Crippen molar-refractivity contribution in [1.82, 2.24) is 0 Å². The van der Waals surface area contributed by atoms with Gasteiger partial charge in [0.2, 0.25) is 0 Å². The summed E-state index contributed by atoms with van der Waals surface area (Å²) in [5, 5.41) is 0. The maximum atomic E-state index is 4.18. The molecule has 0 aromatic carbocycles. The van der Waals surface area contributed by atoms with Gasteiger partial charge in [0.25, 0.3) is 0 Å². The first-order chi connectivity index (χ1) is 13.5. The van der Waals surface area contributed by atoms with Crippen molar-refractivity contribution in [3.05, 3.63) is 12.6 Å². The van der Waals surface area contributed by atoms with Crippen molar-refractivity contribution in [3.8, 4) is 0 Å². The van der Waals surface area contributed by atoms with E-state index in [1.165, 1.54) is 71.5 Å². The molecule has 0 aromatic heterocycles. The minimum atomic E-state index is 0.607. The van der Waals surface area contributed by atoms with Crippen LogP contribution in [-0.4, -0.2) is 7.28 Å². The summed E-state index contributed by atoms with van der Waals surface area (Å²) in [6.07, 6.45) is 19.7. The molecule has 4 rings (SSSR count). The molecule has 158 valence electrons. The van der Waals surface area contributed by atoms with Gasteiger partial charge in [0.05, 0.1) is 0 Å². The predicted octanol–water partition coefficient (Wildman–Crippen LogP) is 7.84. The van der Waals surface area contributed by atoms with Crippen LogP contribution in [0, 0.1) is 46.8 Å². The van der Waals surface area contributed by atoms with Crippen LogP contribution in [0.15, 0.2) is 12.6 Å². The number of rotatable bonds is 2. The quantitative estimate of drug-likeness (QED) is 0.427. The Kier molecular flexibility index (Phi) is 6.69. The fraction of sp³-hybridized carbons (Fsp3) is 0.926. The molecular weight excluding hydrogens is 335 g/mol. The summed E-state index contributed by atoms with van der Waals surface area (Å²) >= 11 is 0. The lowest BCUT2D eigenvalue weighted by Gasteiger charge is -2.47. The molecule has 0 N–H and O–H groups in total. The smallest absolute Gasteiger partial charge is 0.126 e. The Labute approximate surface area is 177 Å². The average Bonchev–Trinajstić information content (AvgIpc) is 2.89. The number of hydrogen-bond donors (Lipinski definition) is 0. The van der Waals surface area contributed by atoms with Crippen LogP contribution in [0.5, 0.6) is 0 Å². The van der Waals surface area contributed by atoms with E-state index in [0.29, 0.717) is 5.41 Å². The van der Waals surface area contributed by atoms with Gasteiger partial charge in [-0.2, -0.15) is 0 Å². The Balaban J connectivity index is 1.58. The van der Waals surface area contributed by atoms with Crippen molar-refractivity contribution in [1.29, 1.82) is 0 Å². The average molecular weight is 382 g/mol. The highest BCUT2D eigenvalue weighted by atomic mass is 14.6. The maximum Gasteiger partial charge on any atom is 0.150 e. The summed E-state index contributed by atoms with van der Waals surface area (Å²) in [5.74, 6) is 10.3. The Morgan fingerprint density at radius 2 is 1.50 bits per heavy atom. The van der Waals surface area contributed by atoms with E-state index in [1.54, 1.807) is 19.3 Å². The van der Waals surface area contributed by atoms with Crippen molar-refractivity contribution < 1.29 is 0 Å². The zero-order valence-electron chi connectivity index (χ0n) is 19.3. The molecule has 8 unspecified atom stereocenters. The molecule has 8 atom stereocenters. The fourth-order valence-corrected chi connectivity index (χ4v) is 8.90. The van der Waals surface area contributed by atoms with Crippen LogP contribution in [0.2, 0.25) is 5.82 Å². The molecule has 0 heterocycles. The SMILES string of the molecule is C=CBC1CCC(C)CCCCCC2CC3C(CC12)C1CCCCC1C3(C)C. The third-order valence-electron chi connectivity index (χ3n) is 10.4. The minimum Gasteiger partial charge on any atom is -0.126 e. The van der Waals surface area contributed by atoms with E-state index in [4.69, 9.17) is 0 Å². The van der Waals surface area contributed by atoms with Crippen LogP contribution in [0.1, 0.15) is 104 Å². The van der Waals surface area contributed by atoms with Crippen molar-refractivity contribution in [3.63, 3.8) is 0 Å². The van der Waals surface area contributed by atoms with Gasteiger partial charge in [-0.3, -0.25) is 0 Å². The summed E-state index contributed by atoms with van der Waals surface area (Å²) < 4.78 is 0. The molecule has 0 bridgehead atoms. The number of fused-ring (bicyclic) bond motifs is 4. The van der Waals surface area contributed by atoms with Crippen LogP contribution in [-0.2, 0) is 0 Å². The van der Waals surface area contributed by atoms with Crippen molar-refractivity contribution in [2.24, 2.45) is 46.8 Å². The molecule has 0 aliphatic heterocycles. The van der Waals surface area contributed by atoms with E-state index in [9.17, 15) is 0 Å². The van der Waals surface area contributed by atoms with Gasteiger partial charge in [0, 0.05) is 0 Å². The topological polar surface area (TPSA) is 0 Å². The largest absolute Gasteiger partial charge is 0.150 e. The molecule has 0 spiro atoms. The summed E-state index contributed by atoms with van der Waals surface area (Å²) in [6.45, 7) is 12.0. The van der Waals surface area contributed by atoms with Gasteiger partial charge in [0.1, 0.15) is 0 Å². The molecule has 4 fully saturated rings. The highest BCUT2D eigenvalue weighted by Gasteiger charge is 2.58. The molecule has 1 heteroatoms.